The Morgan fingerprint density at radius 1 is 1.08 bits per heavy atom. The number of nitrogens with zero attached hydrogens (tertiary/aromatic N) is 1. The van der Waals surface area contributed by atoms with E-state index in [-0.39, 0.29) is 26.2 Å². The Hall–Kier alpha value is -2.37. The van der Waals surface area contributed by atoms with Crippen LogP contribution in [0.25, 0.3) is 5.69 Å². The Labute approximate surface area is 145 Å². The molecule has 0 spiro atoms. The number of hydrogen-bond acceptors (Lipinski definition) is 4. The van der Waals surface area contributed by atoms with Gasteiger partial charge in [0.2, 0.25) is 0 Å². The Morgan fingerprint density at radius 2 is 1.75 bits per heavy atom. The zero-order chi connectivity index (χ0) is 17.8. The maximum Gasteiger partial charge on any atom is 0.417 e. The first-order valence-corrected chi connectivity index (χ1v) is 7.47. The number of fused-ring (bicyclic) bond motifs is 1. The fourth-order valence-corrected chi connectivity index (χ4v) is 3.22. The van der Waals surface area contributed by atoms with Crippen molar-refractivity contribution in [1.29, 1.82) is 0 Å². The smallest absolute Gasteiger partial charge is 0.384 e. The fraction of sp³-hybridized carbons (Fsp3) is 0.0714. The molecule has 6 nitrogen and oxygen atoms in total. The Bertz CT molecular complexity index is 966. The van der Waals surface area contributed by atoms with Gasteiger partial charge in [0.05, 0.1) is 22.4 Å². The first-order chi connectivity index (χ1) is 11.1. The highest BCUT2D eigenvalue weighted by atomic mass is 127. The van der Waals surface area contributed by atoms with Crippen molar-refractivity contribution >= 4 is 40.2 Å². The largest absolute Gasteiger partial charge is 0.417 e. The second kappa shape index (κ2) is 5.33. The lowest BCUT2D eigenvalue weighted by Crippen LogP contribution is -2.24. The van der Waals surface area contributed by atoms with E-state index in [1.54, 1.807) is 0 Å². The average molecular weight is 449 g/mol. The molecule has 0 saturated carbocycles. The van der Waals surface area contributed by atoms with Crippen molar-refractivity contribution in [2.24, 2.45) is 0 Å². The van der Waals surface area contributed by atoms with Gasteiger partial charge in [0.1, 0.15) is 5.82 Å². The topological polar surface area (TPSA) is 94.2 Å². The van der Waals surface area contributed by atoms with Gasteiger partial charge in [0.15, 0.2) is 0 Å². The van der Waals surface area contributed by atoms with Crippen molar-refractivity contribution in [1.82, 2.24) is 9.88 Å². The summed E-state index contributed by atoms with van der Waals surface area (Å²) in [6.45, 7) is 0. The van der Waals surface area contributed by atoms with Gasteiger partial charge < -0.3 is 5.73 Å². The molecule has 0 aliphatic carbocycles. The van der Waals surface area contributed by atoms with Crippen LogP contribution >= 0.6 is 22.6 Å². The van der Waals surface area contributed by atoms with Gasteiger partial charge in [-0.2, -0.15) is 13.2 Å². The molecule has 0 radical (unpaired) electrons. The van der Waals surface area contributed by atoms with Crippen LogP contribution in [-0.4, -0.2) is 16.4 Å². The molecule has 10 heteroatoms. The number of benzene rings is 1. The number of halogens is 4. The van der Waals surface area contributed by atoms with Crippen molar-refractivity contribution in [2.75, 3.05) is 5.73 Å². The van der Waals surface area contributed by atoms with Gasteiger partial charge in [-0.15, -0.1) is 0 Å². The van der Waals surface area contributed by atoms with E-state index in [0.29, 0.717) is 0 Å². The summed E-state index contributed by atoms with van der Waals surface area (Å²) in [6.07, 6.45) is -4.53. The lowest BCUT2D eigenvalue weighted by molar-refractivity contribution is -0.138. The van der Waals surface area contributed by atoms with Crippen LogP contribution in [0.3, 0.4) is 0 Å². The molecule has 1 aliphatic heterocycles. The van der Waals surface area contributed by atoms with Gasteiger partial charge >= 0.3 is 6.18 Å². The van der Waals surface area contributed by atoms with Gasteiger partial charge in [-0.05, 0) is 40.8 Å². The van der Waals surface area contributed by atoms with Crippen LogP contribution in [0.4, 0.5) is 19.0 Å². The third-order valence-corrected chi connectivity index (χ3v) is 4.36. The molecule has 3 N–H and O–H groups in total. The molecule has 0 atom stereocenters. The minimum Gasteiger partial charge on any atom is -0.384 e. The molecule has 1 aromatic heterocycles. The highest BCUT2D eigenvalue weighted by Gasteiger charge is 2.34. The van der Waals surface area contributed by atoms with E-state index in [0.717, 1.165) is 28.8 Å². The third-order valence-electron chi connectivity index (χ3n) is 3.47. The zero-order valence-corrected chi connectivity index (χ0v) is 13.7. The number of nitrogens with one attached hydrogen (secondary N) is 1. The molecule has 3 rings (SSSR count). The summed E-state index contributed by atoms with van der Waals surface area (Å²) < 4.78 is 39.2. The molecule has 2 amide bonds. The van der Waals surface area contributed by atoms with Crippen molar-refractivity contribution in [3.8, 4) is 5.69 Å². The van der Waals surface area contributed by atoms with Crippen LogP contribution in [-0.2, 0) is 6.18 Å². The molecule has 1 aliphatic rings. The first kappa shape index (κ1) is 16.5. The number of imide groups is 1. The van der Waals surface area contributed by atoms with Gasteiger partial charge in [-0.25, -0.2) is 0 Å². The maximum atomic E-state index is 12.8. The van der Waals surface area contributed by atoms with Gasteiger partial charge in [0, 0.05) is 9.64 Å². The summed E-state index contributed by atoms with van der Waals surface area (Å²) in [6, 6.07) is 3.95. The summed E-state index contributed by atoms with van der Waals surface area (Å²) in [5, 5.41) is 2.01. The lowest BCUT2D eigenvalue weighted by Gasteiger charge is -2.14. The molecule has 2 heterocycles. The van der Waals surface area contributed by atoms with Crippen molar-refractivity contribution in [3.63, 3.8) is 0 Å². The van der Waals surface area contributed by atoms with E-state index in [1.165, 1.54) is 22.6 Å². The summed E-state index contributed by atoms with van der Waals surface area (Å²) in [5.41, 5.74) is 3.97. The van der Waals surface area contributed by atoms with E-state index < -0.39 is 29.1 Å². The summed E-state index contributed by atoms with van der Waals surface area (Å²) in [4.78, 5) is 35.6. The van der Waals surface area contributed by atoms with Crippen LogP contribution < -0.4 is 16.6 Å². The van der Waals surface area contributed by atoms with Crippen LogP contribution in [0, 0.1) is 3.57 Å². The van der Waals surface area contributed by atoms with Crippen LogP contribution in [0.5, 0.6) is 0 Å². The number of hydrogen-bond donors (Lipinski definition) is 2. The normalized spacial score (nSPS) is 13.8. The van der Waals surface area contributed by atoms with E-state index >= 15 is 0 Å². The van der Waals surface area contributed by atoms with Gasteiger partial charge in [-0.1, -0.05) is 0 Å². The van der Waals surface area contributed by atoms with Crippen LogP contribution in [0.1, 0.15) is 26.3 Å². The van der Waals surface area contributed by atoms with Crippen molar-refractivity contribution < 1.29 is 22.8 Å². The van der Waals surface area contributed by atoms with E-state index in [1.807, 2.05) is 5.32 Å². The zero-order valence-electron chi connectivity index (χ0n) is 11.6. The first-order valence-electron chi connectivity index (χ1n) is 6.39. The number of carbonyl (C=O) groups excluding carboxylic acids is 2. The number of alkyl halides is 3. The Morgan fingerprint density at radius 3 is 2.33 bits per heavy atom. The molecule has 0 saturated heterocycles. The molecule has 0 unspecified atom stereocenters. The minimum absolute atomic E-state index is 0.0600. The van der Waals surface area contributed by atoms with E-state index in [4.69, 9.17) is 5.73 Å². The molecular weight excluding hydrogens is 442 g/mol. The quantitative estimate of drug-likeness (QED) is 0.514. The van der Waals surface area contributed by atoms with E-state index in [2.05, 4.69) is 0 Å². The number of carbonyl (C=O) groups is 2. The predicted molar refractivity (Wildman–Crippen MR) is 86.0 cm³/mol. The molecule has 2 aromatic rings. The fourth-order valence-electron chi connectivity index (χ4n) is 2.42. The molecule has 0 bridgehead atoms. The van der Waals surface area contributed by atoms with Gasteiger partial charge in [-0.3, -0.25) is 24.3 Å². The number of rotatable bonds is 1. The molecule has 1 aromatic carbocycles. The number of anilines is 1. The highest BCUT2D eigenvalue weighted by Crippen LogP contribution is 2.34. The van der Waals surface area contributed by atoms with Crippen molar-refractivity contribution in [2.45, 2.75) is 6.18 Å². The van der Waals surface area contributed by atoms with Crippen LogP contribution in [0.2, 0.25) is 0 Å². The number of amides is 2. The second-order valence-electron chi connectivity index (χ2n) is 4.94. The summed E-state index contributed by atoms with van der Waals surface area (Å²) >= 11 is 1.50. The molecule has 0 fully saturated rings. The van der Waals surface area contributed by atoms with Gasteiger partial charge in [0.25, 0.3) is 17.4 Å². The number of nitrogens with two attached hydrogens (primary N) is 1. The number of nitrogen functional groups attached to an aromatic ring is 1. The lowest BCUT2D eigenvalue weighted by atomic mass is 10.1. The Balaban J connectivity index is 2.24. The van der Waals surface area contributed by atoms with Crippen LogP contribution in [0.15, 0.2) is 29.1 Å². The number of pyridine rings is 1. The molecule has 24 heavy (non-hydrogen) atoms. The standard InChI is InChI=1S/C14H7F3IN3O3/c15-14(16,17)7-2-1-5(3-8(7)18)21-9(22)4-6-10(11(21)19)13(24)20-12(6)23/h1-4H,19H2,(H,20,23,24). The second-order valence-corrected chi connectivity index (χ2v) is 6.10. The Kier molecular flexibility index (Phi) is 3.66. The third kappa shape index (κ3) is 2.46. The summed E-state index contributed by atoms with van der Waals surface area (Å²) in [5.74, 6) is -1.81. The van der Waals surface area contributed by atoms with E-state index in [9.17, 15) is 27.6 Å². The SMILES string of the molecule is Nc1c2c(cc(=O)n1-c1ccc(C(F)(F)F)c(I)c1)C(=O)NC2=O. The number of aromatic nitrogens is 1. The van der Waals surface area contributed by atoms with Crippen molar-refractivity contribution in [3.05, 3.63) is 54.9 Å². The maximum absolute atomic E-state index is 12.8. The molecule has 124 valence electrons. The monoisotopic (exact) mass is 449 g/mol. The summed E-state index contributed by atoms with van der Waals surface area (Å²) in [7, 11) is 0. The average Bonchev–Trinajstić information content (AvgIpc) is 2.72. The minimum atomic E-state index is -4.53. The molecular formula is C14H7F3IN3O3. The highest BCUT2D eigenvalue weighted by molar-refractivity contribution is 14.1. The predicted octanol–water partition coefficient (Wildman–Crippen LogP) is 1.93.